The number of aromatic nitrogens is 3. The average Bonchev–Trinajstić information content (AvgIpc) is 3.14. The van der Waals surface area contributed by atoms with Crippen LogP contribution in [-0.2, 0) is 6.42 Å². The first-order valence-corrected chi connectivity index (χ1v) is 11.7. The van der Waals surface area contributed by atoms with Gasteiger partial charge in [-0.3, -0.25) is 4.79 Å². The molecule has 174 valence electrons. The number of nitrogens with two attached hydrogens (primary N) is 1. The van der Waals surface area contributed by atoms with Crippen molar-refractivity contribution in [2.24, 2.45) is 5.10 Å². The van der Waals surface area contributed by atoms with Crippen LogP contribution in [0.25, 0.3) is 22.2 Å². The first-order chi connectivity index (χ1) is 17.1. The van der Waals surface area contributed by atoms with Crippen LogP contribution in [0, 0.1) is 0 Å². The lowest BCUT2D eigenvalue weighted by Gasteiger charge is -2.06. The Bertz CT molecular complexity index is 1540. The Hall–Kier alpha value is -4.23. The van der Waals surface area contributed by atoms with Crippen LogP contribution in [0.2, 0.25) is 5.02 Å². The number of hydrogen-bond donors (Lipinski definition) is 2. The van der Waals surface area contributed by atoms with Gasteiger partial charge in [0.15, 0.2) is 5.65 Å². The summed E-state index contributed by atoms with van der Waals surface area (Å²) in [7, 11) is 0. The molecule has 0 radical (unpaired) electrons. The molecule has 0 unspecified atom stereocenters. The van der Waals surface area contributed by atoms with Crippen molar-refractivity contribution in [3.8, 4) is 0 Å². The first-order valence-electron chi connectivity index (χ1n) is 11.3. The van der Waals surface area contributed by atoms with Gasteiger partial charge in [-0.25, -0.2) is 9.97 Å². The van der Waals surface area contributed by atoms with Crippen molar-refractivity contribution in [3.63, 3.8) is 0 Å². The summed E-state index contributed by atoms with van der Waals surface area (Å²) in [5, 5.41) is 8.09. The zero-order chi connectivity index (χ0) is 24.2. The standard InChI is InChI=1S/C27H23ClN6O/c28-20-12-6-10-19(16-20)17-31-34-25(29)23(24-26(34)33-22-14-5-4-13-21(22)32-24)27(35)30-15-7-11-18-8-2-1-3-9-18/h1-6,8-10,12-14,16-17H,7,11,15,29H2,(H,30,35). The summed E-state index contributed by atoms with van der Waals surface area (Å²) in [4.78, 5) is 22.6. The molecular formula is C27H23ClN6O. The Balaban J connectivity index is 1.48. The maximum Gasteiger partial charge on any atom is 0.257 e. The highest BCUT2D eigenvalue weighted by Gasteiger charge is 2.23. The number of carbonyl (C=O) groups excluding carboxylic acids is 1. The van der Waals surface area contributed by atoms with Gasteiger partial charge in [0.05, 0.1) is 17.2 Å². The minimum Gasteiger partial charge on any atom is -0.383 e. The van der Waals surface area contributed by atoms with Gasteiger partial charge in [-0.05, 0) is 48.2 Å². The molecule has 5 rings (SSSR count). The van der Waals surface area contributed by atoms with Gasteiger partial charge < -0.3 is 11.1 Å². The van der Waals surface area contributed by atoms with Crippen molar-refractivity contribution in [2.45, 2.75) is 12.8 Å². The fraction of sp³-hybridized carbons (Fsp3) is 0.111. The van der Waals surface area contributed by atoms with Crippen LogP contribution in [0.4, 0.5) is 5.82 Å². The van der Waals surface area contributed by atoms with Crippen molar-refractivity contribution >= 4 is 51.7 Å². The summed E-state index contributed by atoms with van der Waals surface area (Å²) in [6.07, 6.45) is 3.29. The second-order valence-electron chi connectivity index (χ2n) is 8.10. The van der Waals surface area contributed by atoms with Gasteiger partial charge in [0.25, 0.3) is 5.91 Å². The van der Waals surface area contributed by atoms with E-state index in [-0.39, 0.29) is 17.3 Å². The normalized spacial score (nSPS) is 11.5. The highest BCUT2D eigenvalue weighted by molar-refractivity contribution is 6.30. The van der Waals surface area contributed by atoms with Gasteiger partial charge in [-0.1, -0.05) is 66.2 Å². The summed E-state index contributed by atoms with van der Waals surface area (Å²) in [6.45, 7) is 0.507. The quantitative estimate of drug-likeness (QED) is 0.250. The van der Waals surface area contributed by atoms with Gasteiger partial charge in [0, 0.05) is 11.6 Å². The second kappa shape index (κ2) is 9.95. The molecule has 7 nitrogen and oxygen atoms in total. The predicted octanol–water partition coefficient (Wildman–Crippen LogP) is 5.06. The number of fused-ring (bicyclic) bond motifs is 2. The number of aryl methyl sites for hydroxylation is 1. The van der Waals surface area contributed by atoms with E-state index in [0.29, 0.717) is 33.8 Å². The van der Waals surface area contributed by atoms with E-state index in [1.54, 1.807) is 18.3 Å². The third kappa shape index (κ3) is 4.85. The number of amides is 1. The molecule has 0 fully saturated rings. The number of halogens is 1. The van der Waals surface area contributed by atoms with E-state index in [4.69, 9.17) is 27.3 Å². The Morgan fingerprint density at radius 2 is 1.74 bits per heavy atom. The zero-order valence-electron chi connectivity index (χ0n) is 18.9. The molecule has 0 saturated heterocycles. The fourth-order valence-corrected chi connectivity index (χ4v) is 4.13. The van der Waals surface area contributed by atoms with Crippen molar-refractivity contribution in [1.82, 2.24) is 20.0 Å². The van der Waals surface area contributed by atoms with E-state index in [9.17, 15) is 4.79 Å². The Morgan fingerprint density at radius 3 is 2.51 bits per heavy atom. The number of hydrogen-bond acceptors (Lipinski definition) is 5. The van der Waals surface area contributed by atoms with Crippen LogP contribution in [0.3, 0.4) is 0 Å². The molecule has 8 heteroatoms. The van der Waals surface area contributed by atoms with Gasteiger partial charge in [-0.15, -0.1) is 0 Å². The number of anilines is 1. The van der Waals surface area contributed by atoms with Crippen LogP contribution < -0.4 is 11.1 Å². The fourth-order valence-electron chi connectivity index (χ4n) is 3.93. The number of carbonyl (C=O) groups is 1. The Morgan fingerprint density at radius 1 is 1.00 bits per heavy atom. The molecule has 0 aliphatic heterocycles. The van der Waals surface area contributed by atoms with E-state index >= 15 is 0 Å². The molecule has 0 spiro atoms. The monoisotopic (exact) mass is 482 g/mol. The highest BCUT2D eigenvalue weighted by atomic mass is 35.5. The van der Waals surface area contributed by atoms with Crippen LogP contribution in [0.5, 0.6) is 0 Å². The summed E-state index contributed by atoms with van der Waals surface area (Å²) in [5.74, 6) is -0.129. The van der Waals surface area contributed by atoms with E-state index in [0.717, 1.165) is 18.4 Å². The lowest BCUT2D eigenvalue weighted by Crippen LogP contribution is -2.25. The molecule has 0 atom stereocenters. The third-order valence-corrected chi connectivity index (χ3v) is 5.88. The lowest BCUT2D eigenvalue weighted by molar-refractivity contribution is 0.0955. The van der Waals surface area contributed by atoms with Crippen molar-refractivity contribution in [1.29, 1.82) is 0 Å². The predicted molar refractivity (Wildman–Crippen MR) is 141 cm³/mol. The SMILES string of the molecule is Nc1c(C(=O)NCCCc2ccccc2)c2nc3ccccc3nc2n1N=Cc1cccc(Cl)c1. The van der Waals surface area contributed by atoms with Crippen molar-refractivity contribution in [3.05, 3.63) is 101 Å². The van der Waals surface area contributed by atoms with Crippen molar-refractivity contribution in [2.75, 3.05) is 12.3 Å². The van der Waals surface area contributed by atoms with Crippen LogP contribution in [0.1, 0.15) is 27.9 Å². The number of nitrogens with zero attached hydrogens (tertiary/aromatic N) is 4. The zero-order valence-corrected chi connectivity index (χ0v) is 19.6. The molecule has 5 aromatic rings. The number of rotatable bonds is 7. The summed E-state index contributed by atoms with van der Waals surface area (Å²) >= 11 is 6.10. The maximum atomic E-state index is 13.2. The lowest BCUT2D eigenvalue weighted by atomic mass is 10.1. The van der Waals surface area contributed by atoms with Crippen LogP contribution >= 0.6 is 11.6 Å². The third-order valence-electron chi connectivity index (χ3n) is 5.64. The van der Waals surface area contributed by atoms with Crippen molar-refractivity contribution < 1.29 is 4.79 Å². The maximum absolute atomic E-state index is 13.2. The Kier molecular flexibility index (Phi) is 6.41. The molecule has 2 aromatic heterocycles. The van der Waals surface area contributed by atoms with Gasteiger partial charge in [0.1, 0.15) is 16.9 Å². The smallest absolute Gasteiger partial charge is 0.257 e. The van der Waals surface area contributed by atoms with Crippen LogP contribution in [-0.4, -0.2) is 33.3 Å². The molecule has 35 heavy (non-hydrogen) atoms. The minimum absolute atomic E-state index is 0.175. The Labute approximate surface area is 207 Å². The molecule has 0 aliphatic rings. The first kappa shape index (κ1) is 22.6. The number of nitrogens with one attached hydrogen (secondary N) is 1. The highest BCUT2D eigenvalue weighted by Crippen LogP contribution is 2.28. The molecule has 1 amide bonds. The molecule has 3 aromatic carbocycles. The molecular weight excluding hydrogens is 460 g/mol. The van der Waals surface area contributed by atoms with Gasteiger partial charge in [0.2, 0.25) is 0 Å². The average molecular weight is 483 g/mol. The van der Waals surface area contributed by atoms with E-state index in [1.165, 1.54) is 10.2 Å². The number of benzene rings is 3. The largest absolute Gasteiger partial charge is 0.383 e. The number of para-hydroxylation sites is 2. The second-order valence-corrected chi connectivity index (χ2v) is 8.54. The molecule has 0 aliphatic carbocycles. The van der Waals surface area contributed by atoms with E-state index in [2.05, 4.69) is 22.6 Å². The summed E-state index contributed by atoms with van der Waals surface area (Å²) in [5.41, 5.74) is 10.9. The minimum atomic E-state index is -0.304. The molecule has 3 N–H and O–H groups in total. The topological polar surface area (TPSA) is 98.2 Å². The molecule has 2 heterocycles. The van der Waals surface area contributed by atoms with E-state index < -0.39 is 0 Å². The molecule has 0 bridgehead atoms. The summed E-state index contributed by atoms with van der Waals surface area (Å²) in [6, 6.07) is 24.9. The van der Waals surface area contributed by atoms with E-state index in [1.807, 2.05) is 54.6 Å². The van der Waals surface area contributed by atoms with Gasteiger partial charge in [-0.2, -0.15) is 9.78 Å². The van der Waals surface area contributed by atoms with Crippen LogP contribution in [0.15, 0.2) is 84.0 Å². The summed E-state index contributed by atoms with van der Waals surface area (Å²) < 4.78 is 1.45. The molecule has 0 saturated carbocycles. The number of nitrogen functional groups attached to an aromatic ring is 1. The van der Waals surface area contributed by atoms with Gasteiger partial charge >= 0.3 is 0 Å².